The van der Waals surface area contributed by atoms with Crippen molar-refractivity contribution in [3.8, 4) is 0 Å². The normalized spacial score (nSPS) is 11.8. The van der Waals surface area contributed by atoms with Crippen LogP contribution >= 0.6 is 11.6 Å². The van der Waals surface area contributed by atoms with Crippen LogP contribution in [0.4, 0.5) is 4.39 Å². The maximum atomic E-state index is 13.4. The fraction of sp³-hybridized carbons (Fsp3) is 0.308. The van der Waals surface area contributed by atoms with Crippen LogP contribution in [0.5, 0.6) is 0 Å². The van der Waals surface area contributed by atoms with Crippen molar-refractivity contribution in [2.45, 2.75) is 19.4 Å². The molecule has 0 aliphatic carbocycles. The maximum Gasteiger partial charge on any atom is 0.244 e. The molecule has 0 aliphatic rings. The van der Waals surface area contributed by atoms with Crippen molar-refractivity contribution in [1.82, 2.24) is 5.32 Å². The number of carbonyl (C=O) groups is 1. The molecule has 0 aromatic heterocycles. The fourth-order valence-corrected chi connectivity index (χ4v) is 1.47. The molecule has 0 saturated heterocycles. The average Bonchev–Trinajstić information content (AvgIpc) is 2.28. The van der Waals surface area contributed by atoms with E-state index in [4.69, 9.17) is 16.7 Å². The molecule has 0 bridgehead atoms. The molecule has 3 nitrogen and oxygen atoms in total. The van der Waals surface area contributed by atoms with Crippen molar-refractivity contribution in [3.63, 3.8) is 0 Å². The van der Waals surface area contributed by atoms with Gasteiger partial charge in [-0.2, -0.15) is 0 Å². The summed E-state index contributed by atoms with van der Waals surface area (Å²) in [4.78, 5) is 11.5. The second kappa shape index (κ2) is 5.98. The van der Waals surface area contributed by atoms with Crippen LogP contribution in [0.25, 0.3) is 6.08 Å². The molecule has 0 atom stereocenters. The van der Waals surface area contributed by atoms with Gasteiger partial charge in [-0.05, 0) is 32.1 Å². The number of hydrogen-bond acceptors (Lipinski definition) is 2. The van der Waals surface area contributed by atoms with Gasteiger partial charge in [0.25, 0.3) is 0 Å². The first kappa shape index (κ1) is 14.7. The highest BCUT2D eigenvalue weighted by molar-refractivity contribution is 6.32. The van der Waals surface area contributed by atoms with Crippen molar-refractivity contribution >= 4 is 23.6 Å². The summed E-state index contributed by atoms with van der Waals surface area (Å²) in [5.41, 5.74) is -0.559. The summed E-state index contributed by atoms with van der Waals surface area (Å²) in [6, 6.07) is 4.30. The van der Waals surface area contributed by atoms with Gasteiger partial charge in [0.2, 0.25) is 5.91 Å². The topological polar surface area (TPSA) is 49.3 Å². The number of aliphatic hydroxyl groups is 1. The predicted molar refractivity (Wildman–Crippen MR) is 69.8 cm³/mol. The molecule has 18 heavy (non-hydrogen) atoms. The number of carbonyl (C=O) groups excluding carboxylic acids is 1. The summed E-state index contributed by atoms with van der Waals surface area (Å²) in [7, 11) is 0. The van der Waals surface area contributed by atoms with Crippen molar-refractivity contribution in [2.24, 2.45) is 0 Å². The molecule has 0 fully saturated rings. The number of hydrogen-bond donors (Lipinski definition) is 2. The highest BCUT2D eigenvalue weighted by Gasteiger charge is 2.17. The van der Waals surface area contributed by atoms with Gasteiger partial charge in [-0.15, -0.1) is 0 Å². The smallest absolute Gasteiger partial charge is 0.244 e. The molecule has 0 heterocycles. The van der Waals surface area contributed by atoms with Gasteiger partial charge in [0.15, 0.2) is 0 Å². The Morgan fingerprint density at radius 1 is 1.56 bits per heavy atom. The standard InChI is InChI=1S/C13H15ClFNO2/c1-13(2,8-17)16-12(18)7-6-9-10(14)4-3-5-11(9)15/h3-7,17H,8H2,1-2H3,(H,16,18)/b7-6+. The third kappa shape index (κ3) is 4.13. The molecule has 5 heteroatoms. The Balaban J connectivity index is 2.79. The number of amides is 1. The minimum absolute atomic E-state index is 0.163. The number of aliphatic hydroxyl groups excluding tert-OH is 1. The van der Waals surface area contributed by atoms with E-state index >= 15 is 0 Å². The number of nitrogens with one attached hydrogen (secondary N) is 1. The van der Waals surface area contributed by atoms with Gasteiger partial charge >= 0.3 is 0 Å². The molecule has 1 rings (SSSR count). The molecular formula is C13H15ClFNO2. The lowest BCUT2D eigenvalue weighted by Gasteiger charge is -2.22. The zero-order valence-corrected chi connectivity index (χ0v) is 11.0. The zero-order valence-electron chi connectivity index (χ0n) is 10.2. The number of halogens is 2. The summed E-state index contributed by atoms with van der Waals surface area (Å²) < 4.78 is 13.4. The molecule has 0 unspecified atom stereocenters. The first-order valence-electron chi connectivity index (χ1n) is 5.41. The summed E-state index contributed by atoms with van der Waals surface area (Å²) in [5.74, 6) is -0.915. The summed E-state index contributed by atoms with van der Waals surface area (Å²) in [6.45, 7) is 3.16. The van der Waals surface area contributed by atoms with E-state index < -0.39 is 17.3 Å². The minimum Gasteiger partial charge on any atom is -0.394 e. The Labute approximate surface area is 110 Å². The molecule has 1 aromatic rings. The second-order valence-corrected chi connectivity index (χ2v) is 4.91. The van der Waals surface area contributed by atoms with Crippen LogP contribution in [-0.2, 0) is 4.79 Å². The van der Waals surface area contributed by atoms with E-state index in [1.54, 1.807) is 19.9 Å². The van der Waals surface area contributed by atoms with Crippen LogP contribution in [0.3, 0.4) is 0 Å². The van der Waals surface area contributed by atoms with Crippen molar-refractivity contribution in [1.29, 1.82) is 0 Å². The minimum atomic E-state index is -0.722. The van der Waals surface area contributed by atoms with Crippen LogP contribution in [0.15, 0.2) is 24.3 Å². The number of rotatable bonds is 4. The Morgan fingerprint density at radius 2 is 2.22 bits per heavy atom. The fourth-order valence-electron chi connectivity index (χ4n) is 1.24. The van der Waals surface area contributed by atoms with Gasteiger partial charge < -0.3 is 10.4 Å². The SMILES string of the molecule is CC(C)(CO)NC(=O)/C=C/c1c(F)cccc1Cl. The van der Waals surface area contributed by atoms with E-state index in [-0.39, 0.29) is 17.2 Å². The number of benzene rings is 1. The van der Waals surface area contributed by atoms with Crippen LogP contribution in [0.1, 0.15) is 19.4 Å². The third-order valence-electron chi connectivity index (χ3n) is 2.26. The monoisotopic (exact) mass is 271 g/mol. The van der Waals surface area contributed by atoms with Gasteiger partial charge in [-0.1, -0.05) is 17.7 Å². The summed E-state index contributed by atoms with van der Waals surface area (Å²) in [6.07, 6.45) is 2.49. The van der Waals surface area contributed by atoms with E-state index in [2.05, 4.69) is 5.32 Å². The van der Waals surface area contributed by atoms with Crippen LogP contribution < -0.4 is 5.32 Å². The lowest BCUT2D eigenvalue weighted by atomic mass is 10.1. The third-order valence-corrected chi connectivity index (χ3v) is 2.59. The van der Waals surface area contributed by atoms with Crippen LogP contribution in [0, 0.1) is 5.82 Å². The highest BCUT2D eigenvalue weighted by Crippen LogP contribution is 2.20. The largest absolute Gasteiger partial charge is 0.394 e. The zero-order chi connectivity index (χ0) is 13.8. The Bertz CT molecular complexity index is 452. The van der Waals surface area contributed by atoms with Gasteiger partial charge in [-0.25, -0.2) is 4.39 Å². The van der Waals surface area contributed by atoms with Gasteiger partial charge in [0.1, 0.15) is 5.82 Å². The van der Waals surface area contributed by atoms with Crippen molar-refractivity contribution < 1.29 is 14.3 Å². The van der Waals surface area contributed by atoms with E-state index in [1.165, 1.54) is 24.3 Å². The van der Waals surface area contributed by atoms with Crippen molar-refractivity contribution in [2.75, 3.05) is 6.61 Å². The van der Waals surface area contributed by atoms with Crippen molar-refractivity contribution in [3.05, 3.63) is 40.7 Å². The Kier molecular flexibility index (Phi) is 4.87. The molecule has 1 aromatic carbocycles. The summed E-state index contributed by atoms with van der Waals surface area (Å²) >= 11 is 5.81. The van der Waals surface area contributed by atoms with E-state index in [0.29, 0.717) is 0 Å². The van der Waals surface area contributed by atoms with Gasteiger partial charge in [0, 0.05) is 11.6 Å². The van der Waals surface area contributed by atoms with Gasteiger partial charge in [0.05, 0.1) is 17.2 Å². The van der Waals surface area contributed by atoms with Crippen LogP contribution in [-0.4, -0.2) is 23.2 Å². The molecule has 2 N–H and O–H groups in total. The molecule has 0 saturated carbocycles. The summed E-state index contributed by atoms with van der Waals surface area (Å²) in [5, 5.41) is 11.8. The molecule has 0 radical (unpaired) electrons. The van der Waals surface area contributed by atoms with E-state index in [0.717, 1.165) is 0 Å². The molecule has 98 valence electrons. The van der Waals surface area contributed by atoms with E-state index in [9.17, 15) is 9.18 Å². The van der Waals surface area contributed by atoms with Gasteiger partial charge in [-0.3, -0.25) is 4.79 Å². The lowest BCUT2D eigenvalue weighted by Crippen LogP contribution is -2.45. The lowest BCUT2D eigenvalue weighted by molar-refractivity contribution is -0.118. The quantitative estimate of drug-likeness (QED) is 0.826. The van der Waals surface area contributed by atoms with E-state index in [1.807, 2.05) is 0 Å². The maximum absolute atomic E-state index is 13.4. The molecule has 0 spiro atoms. The molecule has 1 amide bonds. The Morgan fingerprint density at radius 3 is 2.78 bits per heavy atom. The predicted octanol–water partition coefficient (Wildman–Crippen LogP) is 2.38. The molecule has 0 aliphatic heterocycles. The first-order chi connectivity index (χ1) is 8.35. The van der Waals surface area contributed by atoms with Crippen LogP contribution in [0.2, 0.25) is 5.02 Å². The Hall–Kier alpha value is -1.39. The average molecular weight is 272 g/mol. The highest BCUT2D eigenvalue weighted by atomic mass is 35.5. The first-order valence-corrected chi connectivity index (χ1v) is 5.78. The molecular weight excluding hydrogens is 257 g/mol. The second-order valence-electron chi connectivity index (χ2n) is 4.50.